The summed E-state index contributed by atoms with van der Waals surface area (Å²) in [6, 6.07) is 7.74. The molecule has 3 aromatic rings. The van der Waals surface area contributed by atoms with E-state index in [1.807, 2.05) is 28.9 Å². The first-order valence-corrected chi connectivity index (χ1v) is 7.32. The average molecular weight is 363 g/mol. The van der Waals surface area contributed by atoms with Gasteiger partial charge in [0.25, 0.3) is 0 Å². The van der Waals surface area contributed by atoms with Crippen LogP contribution in [0.4, 0.5) is 14.9 Å². The normalized spacial score (nSPS) is 10.6. The number of hydrogen-bond acceptors (Lipinski definition) is 2. The maximum atomic E-state index is 13.6. The highest BCUT2D eigenvalue weighted by molar-refractivity contribution is 9.10. The summed E-state index contributed by atoms with van der Waals surface area (Å²) in [6.45, 7) is 0.327. The van der Waals surface area contributed by atoms with Gasteiger partial charge in [-0.2, -0.15) is 0 Å². The van der Waals surface area contributed by atoms with E-state index in [1.54, 1.807) is 12.3 Å². The number of aromatic nitrogens is 2. The lowest BCUT2D eigenvalue weighted by atomic mass is 10.2. The van der Waals surface area contributed by atoms with E-state index in [2.05, 4.69) is 31.5 Å². The van der Waals surface area contributed by atoms with Gasteiger partial charge in [-0.3, -0.25) is 0 Å². The monoisotopic (exact) mass is 362 g/mol. The number of carbonyl (C=O) groups excluding carboxylic acids is 1. The number of anilines is 1. The lowest BCUT2D eigenvalue weighted by Gasteiger charge is -2.09. The Morgan fingerprint density at radius 2 is 2.14 bits per heavy atom. The number of nitrogens with zero attached hydrogens (tertiary/aromatic N) is 2. The van der Waals surface area contributed by atoms with E-state index in [-0.39, 0.29) is 5.69 Å². The third-order valence-electron chi connectivity index (χ3n) is 3.09. The van der Waals surface area contributed by atoms with Crippen molar-refractivity contribution in [1.29, 1.82) is 0 Å². The van der Waals surface area contributed by atoms with Crippen LogP contribution in [0, 0.1) is 5.82 Å². The predicted octanol–water partition coefficient (Wildman–Crippen LogP) is 3.56. The van der Waals surface area contributed by atoms with Crippen LogP contribution in [0.25, 0.3) is 5.65 Å². The second kappa shape index (κ2) is 6.15. The van der Waals surface area contributed by atoms with Crippen LogP contribution in [-0.2, 0) is 6.54 Å². The highest BCUT2D eigenvalue weighted by Gasteiger charge is 2.07. The third-order valence-corrected chi connectivity index (χ3v) is 3.59. The van der Waals surface area contributed by atoms with E-state index < -0.39 is 11.8 Å². The van der Waals surface area contributed by atoms with Gasteiger partial charge < -0.3 is 15.0 Å². The van der Waals surface area contributed by atoms with E-state index in [1.165, 1.54) is 12.1 Å². The number of urea groups is 1. The molecule has 0 aliphatic rings. The Kier molecular flexibility index (Phi) is 4.06. The average Bonchev–Trinajstić information content (AvgIpc) is 2.95. The van der Waals surface area contributed by atoms with Crippen molar-refractivity contribution in [3.63, 3.8) is 0 Å². The number of halogens is 2. The Labute approximate surface area is 134 Å². The van der Waals surface area contributed by atoms with Gasteiger partial charge in [-0.15, -0.1) is 0 Å². The molecule has 0 unspecified atom stereocenters. The molecule has 2 heterocycles. The molecular weight excluding hydrogens is 351 g/mol. The number of imidazole rings is 1. The van der Waals surface area contributed by atoms with Crippen molar-refractivity contribution in [2.75, 3.05) is 5.32 Å². The lowest BCUT2D eigenvalue weighted by Crippen LogP contribution is -2.28. The number of amides is 2. The Bertz CT molecular complexity index is 833. The van der Waals surface area contributed by atoms with Crippen molar-refractivity contribution >= 4 is 33.3 Å². The van der Waals surface area contributed by atoms with E-state index in [0.717, 1.165) is 11.2 Å². The number of pyridine rings is 1. The molecule has 22 heavy (non-hydrogen) atoms. The second-order valence-corrected chi connectivity index (χ2v) is 5.58. The molecule has 0 bridgehead atoms. The number of nitrogens with one attached hydrogen (secondary N) is 2. The fraction of sp³-hybridized carbons (Fsp3) is 0.0667. The maximum Gasteiger partial charge on any atom is 0.319 e. The minimum Gasteiger partial charge on any atom is -0.334 e. The zero-order valence-electron chi connectivity index (χ0n) is 11.4. The van der Waals surface area contributed by atoms with Crippen LogP contribution < -0.4 is 10.6 Å². The summed E-state index contributed by atoms with van der Waals surface area (Å²) >= 11 is 3.16. The predicted molar refractivity (Wildman–Crippen MR) is 85.2 cm³/mol. The summed E-state index contributed by atoms with van der Waals surface area (Å²) in [5, 5.41) is 5.15. The molecule has 0 saturated carbocycles. The van der Waals surface area contributed by atoms with Crippen LogP contribution in [0.3, 0.4) is 0 Å². The minimum absolute atomic E-state index is 0.129. The zero-order chi connectivity index (χ0) is 15.5. The summed E-state index contributed by atoms with van der Waals surface area (Å²) in [6.07, 6.45) is 5.41. The molecule has 0 radical (unpaired) electrons. The molecule has 3 rings (SSSR count). The quantitative estimate of drug-likeness (QED) is 0.748. The van der Waals surface area contributed by atoms with Gasteiger partial charge in [0.05, 0.1) is 5.69 Å². The Hall–Kier alpha value is -2.41. The molecule has 7 heteroatoms. The van der Waals surface area contributed by atoms with Crippen LogP contribution in [0.1, 0.15) is 5.56 Å². The topological polar surface area (TPSA) is 58.4 Å². The molecule has 0 atom stereocenters. The molecule has 0 spiro atoms. The van der Waals surface area contributed by atoms with Crippen LogP contribution in [0.2, 0.25) is 0 Å². The Morgan fingerprint density at radius 1 is 1.27 bits per heavy atom. The van der Waals surface area contributed by atoms with Crippen LogP contribution in [0.15, 0.2) is 53.4 Å². The highest BCUT2D eigenvalue weighted by atomic mass is 79.9. The Balaban J connectivity index is 1.62. The van der Waals surface area contributed by atoms with Crippen LogP contribution >= 0.6 is 15.9 Å². The smallest absolute Gasteiger partial charge is 0.319 e. The fourth-order valence-corrected chi connectivity index (χ4v) is 2.34. The maximum absolute atomic E-state index is 13.6. The molecule has 112 valence electrons. The lowest BCUT2D eigenvalue weighted by molar-refractivity contribution is 0.251. The molecule has 0 aliphatic carbocycles. The van der Waals surface area contributed by atoms with Crippen molar-refractivity contribution in [1.82, 2.24) is 14.7 Å². The van der Waals surface area contributed by atoms with E-state index in [4.69, 9.17) is 0 Å². The third kappa shape index (κ3) is 3.25. The first-order chi connectivity index (χ1) is 10.6. The SMILES string of the molecule is O=C(NCc1ccn2ccnc2c1)Nc1ccc(Br)cc1F. The number of benzene rings is 1. The number of carbonyl (C=O) groups is 1. The van der Waals surface area contributed by atoms with Gasteiger partial charge in [-0.25, -0.2) is 14.2 Å². The van der Waals surface area contributed by atoms with Crippen molar-refractivity contribution in [3.8, 4) is 0 Å². The summed E-state index contributed by atoms with van der Waals surface area (Å²) in [5.74, 6) is -0.497. The first-order valence-electron chi connectivity index (χ1n) is 6.53. The van der Waals surface area contributed by atoms with E-state index >= 15 is 0 Å². The molecular formula is C15H12BrFN4O. The molecule has 2 amide bonds. The minimum atomic E-state index is -0.497. The summed E-state index contributed by atoms with van der Waals surface area (Å²) in [5.41, 5.74) is 1.84. The summed E-state index contributed by atoms with van der Waals surface area (Å²) in [7, 11) is 0. The molecule has 2 N–H and O–H groups in total. The van der Waals surface area contributed by atoms with Crippen LogP contribution in [0.5, 0.6) is 0 Å². The van der Waals surface area contributed by atoms with E-state index in [0.29, 0.717) is 11.0 Å². The molecule has 0 saturated heterocycles. The van der Waals surface area contributed by atoms with Gasteiger partial charge in [-0.1, -0.05) is 15.9 Å². The van der Waals surface area contributed by atoms with Crippen molar-refractivity contribution < 1.29 is 9.18 Å². The first kappa shape index (κ1) is 14.5. The second-order valence-electron chi connectivity index (χ2n) is 4.66. The van der Waals surface area contributed by atoms with Crippen molar-refractivity contribution in [2.45, 2.75) is 6.54 Å². The number of rotatable bonds is 3. The van der Waals surface area contributed by atoms with Crippen molar-refractivity contribution in [2.24, 2.45) is 0 Å². The molecule has 5 nitrogen and oxygen atoms in total. The fourth-order valence-electron chi connectivity index (χ4n) is 2.00. The highest BCUT2D eigenvalue weighted by Crippen LogP contribution is 2.19. The van der Waals surface area contributed by atoms with Gasteiger partial charge in [-0.05, 0) is 35.9 Å². The van der Waals surface area contributed by atoms with E-state index in [9.17, 15) is 9.18 Å². The van der Waals surface area contributed by atoms with Crippen LogP contribution in [-0.4, -0.2) is 15.4 Å². The number of fused-ring (bicyclic) bond motifs is 1. The van der Waals surface area contributed by atoms with Gasteiger partial charge in [0.15, 0.2) is 0 Å². The summed E-state index contributed by atoms with van der Waals surface area (Å²) in [4.78, 5) is 16.0. The molecule has 2 aromatic heterocycles. The van der Waals surface area contributed by atoms with Crippen molar-refractivity contribution in [3.05, 3.63) is 64.8 Å². The van der Waals surface area contributed by atoms with Gasteiger partial charge in [0, 0.05) is 29.6 Å². The summed E-state index contributed by atoms with van der Waals surface area (Å²) < 4.78 is 16.1. The Morgan fingerprint density at radius 3 is 2.95 bits per heavy atom. The van der Waals surface area contributed by atoms with Gasteiger partial charge >= 0.3 is 6.03 Å². The van der Waals surface area contributed by atoms with Gasteiger partial charge in [0.2, 0.25) is 0 Å². The standard InChI is InChI=1S/C15H12BrFN4O/c16-11-1-2-13(12(17)8-11)20-15(22)19-9-10-3-5-21-6-4-18-14(21)7-10/h1-8H,9H2,(H2,19,20,22). The largest absolute Gasteiger partial charge is 0.334 e. The zero-order valence-corrected chi connectivity index (χ0v) is 13.0. The van der Waals surface area contributed by atoms with Gasteiger partial charge in [0.1, 0.15) is 11.5 Å². The molecule has 0 aliphatic heterocycles. The number of hydrogen-bond donors (Lipinski definition) is 2. The molecule has 0 fully saturated rings. The molecule has 1 aromatic carbocycles.